The molecule has 34 heavy (non-hydrogen) atoms. The van der Waals surface area contributed by atoms with Crippen molar-refractivity contribution >= 4 is 33.0 Å². The van der Waals surface area contributed by atoms with Gasteiger partial charge in [-0.1, -0.05) is 23.5 Å². The standard InChI is InChI=1S/C26H22N4O3S/c1-16(27-18-10-14-20(33-3)15-11-18)23-24(17-8-12-19(32-2)13-9-17)29-30(25(23)31)26-28-21-6-4-5-7-22(21)34-26/h4-15,29H,1-3H3. The van der Waals surface area contributed by atoms with Gasteiger partial charge in [0.15, 0.2) is 0 Å². The summed E-state index contributed by atoms with van der Waals surface area (Å²) in [7, 11) is 3.24. The van der Waals surface area contributed by atoms with Crippen molar-refractivity contribution in [2.24, 2.45) is 4.99 Å². The highest BCUT2D eigenvalue weighted by Gasteiger charge is 2.21. The Bertz CT molecular complexity index is 1510. The molecule has 170 valence electrons. The summed E-state index contributed by atoms with van der Waals surface area (Å²) in [6, 6.07) is 22.8. The van der Waals surface area contributed by atoms with Gasteiger partial charge in [0.1, 0.15) is 11.5 Å². The van der Waals surface area contributed by atoms with Gasteiger partial charge in [0, 0.05) is 5.56 Å². The molecule has 0 fully saturated rings. The molecular weight excluding hydrogens is 448 g/mol. The maximum absolute atomic E-state index is 13.7. The van der Waals surface area contributed by atoms with E-state index in [4.69, 9.17) is 14.5 Å². The molecule has 2 heterocycles. The zero-order valence-electron chi connectivity index (χ0n) is 18.9. The number of aromatic amines is 1. The minimum Gasteiger partial charge on any atom is -0.497 e. The smallest absolute Gasteiger partial charge is 0.283 e. The molecule has 3 aromatic carbocycles. The van der Waals surface area contributed by atoms with Gasteiger partial charge >= 0.3 is 0 Å². The molecule has 2 aromatic heterocycles. The van der Waals surface area contributed by atoms with Crippen molar-refractivity contribution in [3.8, 4) is 27.9 Å². The van der Waals surface area contributed by atoms with Crippen molar-refractivity contribution in [2.75, 3.05) is 14.2 Å². The topological polar surface area (TPSA) is 81.5 Å². The molecule has 0 aliphatic heterocycles. The van der Waals surface area contributed by atoms with Crippen LogP contribution >= 0.6 is 11.3 Å². The van der Waals surface area contributed by atoms with Gasteiger partial charge in [-0.15, -0.1) is 0 Å². The Labute approximate surface area is 199 Å². The average molecular weight is 471 g/mol. The zero-order valence-corrected chi connectivity index (χ0v) is 19.7. The van der Waals surface area contributed by atoms with Crippen molar-refractivity contribution in [3.63, 3.8) is 0 Å². The summed E-state index contributed by atoms with van der Waals surface area (Å²) in [5, 5.41) is 3.85. The fraction of sp³-hybridized carbons (Fsp3) is 0.115. The van der Waals surface area contributed by atoms with Crippen molar-refractivity contribution < 1.29 is 9.47 Å². The Morgan fingerprint density at radius 3 is 2.24 bits per heavy atom. The number of aliphatic imine (C=N–C) groups is 1. The van der Waals surface area contributed by atoms with Crippen molar-refractivity contribution in [2.45, 2.75) is 6.92 Å². The van der Waals surface area contributed by atoms with Crippen LogP contribution in [0.2, 0.25) is 0 Å². The number of aromatic nitrogens is 3. The Morgan fingerprint density at radius 2 is 1.59 bits per heavy atom. The molecule has 0 unspecified atom stereocenters. The number of methoxy groups -OCH3 is 2. The molecule has 0 saturated carbocycles. The van der Waals surface area contributed by atoms with Gasteiger partial charge in [-0.3, -0.25) is 14.9 Å². The normalized spacial score (nSPS) is 11.7. The molecule has 5 rings (SSSR count). The minimum absolute atomic E-state index is 0.209. The first-order chi connectivity index (χ1) is 16.6. The molecule has 0 spiro atoms. The first-order valence-electron chi connectivity index (χ1n) is 10.6. The second-order valence-electron chi connectivity index (χ2n) is 7.59. The van der Waals surface area contributed by atoms with Gasteiger partial charge in [0.2, 0.25) is 5.13 Å². The SMILES string of the molecule is COc1ccc(N=C(C)c2c(-c3ccc(OC)cc3)[nH]n(-c3nc4ccccc4s3)c2=O)cc1. The third-order valence-corrected chi connectivity index (χ3v) is 6.50. The molecule has 0 aliphatic carbocycles. The van der Waals surface area contributed by atoms with E-state index < -0.39 is 0 Å². The van der Waals surface area contributed by atoms with Crippen LogP contribution in [0.25, 0.3) is 26.6 Å². The maximum atomic E-state index is 13.7. The Hall–Kier alpha value is -4.17. The Morgan fingerprint density at radius 1 is 0.941 bits per heavy atom. The van der Waals surface area contributed by atoms with E-state index in [1.165, 1.54) is 16.0 Å². The molecule has 0 radical (unpaired) electrons. The molecule has 5 aromatic rings. The van der Waals surface area contributed by atoms with Crippen LogP contribution in [-0.4, -0.2) is 34.7 Å². The number of nitrogens with one attached hydrogen (secondary N) is 1. The molecule has 0 amide bonds. The number of para-hydroxylation sites is 1. The van der Waals surface area contributed by atoms with E-state index in [1.807, 2.05) is 79.7 Å². The highest BCUT2D eigenvalue weighted by Crippen LogP contribution is 2.28. The summed E-state index contributed by atoms with van der Waals surface area (Å²) in [5.41, 5.74) is 3.96. The van der Waals surface area contributed by atoms with Crippen LogP contribution in [0.15, 0.2) is 82.6 Å². The van der Waals surface area contributed by atoms with Crippen LogP contribution in [-0.2, 0) is 0 Å². The summed E-state index contributed by atoms with van der Waals surface area (Å²) in [6.07, 6.45) is 0. The van der Waals surface area contributed by atoms with Gasteiger partial charge in [0.25, 0.3) is 5.56 Å². The van der Waals surface area contributed by atoms with E-state index in [1.54, 1.807) is 14.2 Å². The quantitative estimate of drug-likeness (QED) is 0.328. The van der Waals surface area contributed by atoms with Gasteiger partial charge in [-0.05, 0) is 67.6 Å². The number of ether oxygens (including phenoxy) is 2. The molecular formula is C26H22N4O3S. The molecule has 1 N–H and O–H groups in total. The van der Waals surface area contributed by atoms with Crippen molar-refractivity contribution in [1.29, 1.82) is 0 Å². The van der Waals surface area contributed by atoms with E-state index in [9.17, 15) is 4.79 Å². The highest BCUT2D eigenvalue weighted by molar-refractivity contribution is 7.20. The van der Waals surface area contributed by atoms with Crippen LogP contribution in [0.1, 0.15) is 12.5 Å². The van der Waals surface area contributed by atoms with Crippen LogP contribution in [0.5, 0.6) is 11.5 Å². The summed E-state index contributed by atoms with van der Waals surface area (Å²) in [6.45, 7) is 1.84. The number of benzene rings is 3. The van der Waals surface area contributed by atoms with Gasteiger partial charge in [-0.25, -0.2) is 4.98 Å². The molecule has 8 heteroatoms. The summed E-state index contributed by atoms with van der Waals surface area (Å²) in [5.74, 6) is 1.48. The lowest BCUT2D eigenvalue weighted by molar-refractivity contribution is 0.415. The molecule has 0 bridgehead atoms. The predicted molar refractivity (Wildman–Crippen MR) is 136 cm³/mol. The van der Waals surface area contributed by atoms with Crippen molar-refractivity contribution in [3.05, 3.63) is 88.7 Å². The van der Waals surface area contributed by atoms with Crippen LogP contribution in [0.3, 0.4) is 0 Å². The van der Waals surface area contributed by atoms with E-state index in [2.05, 4.69) is 10.1 Å². The molecule has 7 nitrogen and oxygen atoms in total. The maximum Gasteiger partial charge on any atom is 0.283 e. The minimum atomic E-state index is -0.209. The molecule has 0 saturated heterocycles. The van der Waals surface area contributed by atoms with Gasteiger partial charge in [0.05, 0.1) is 47.1 Å². The highest BCUT2D eigenvalue weighted by atomic mass is 32.1. The van der Waals surface area contributed by atoms with Gasteiger partial charge < -0.3 is 9.47 Å². The first kappa shape index (κ1) is 21.7. The summed E-state index contributed by atoms with van der Waals surface area (Å²) in [4.78, 5) is 23.0. The lowest BCUT2D eigenvalue weighted by Crippen LogP contribution is -2.19. The molecule has 0 atom stereocenters. The van der Waals surface area contributed by atoms with E-state index in [0.717, 1.165) is 33.0 Å². The second-order valence-corrected chi connectivity index (χ2v) is 8.60. The first-order valence-corrected chi connectivity index (χ1v) is 11.4. The Kier molecular flexibility index (Phi) is 5.73. The number of hydrogen-bond acceptors (Lipinski definition) is 6. The fourth-order valence-corrected chi connectivity index (χ4v) is 4.66. The Balaban J connectivity index is 1.67. The van der Waals surface area contributed by atoms with E-state index >= 15 is 0 Å². The largest absolute Gasteiger partial charge is 0.497 e. The third-order valence-electron chi connectivity index (χ3n) is 5.47. The van der Waals surface area contributed by atoms with Gasteiger partial charge in [-0.2, -0.15) is 4.68 Å². The summed E-state index contributed by atoms with van der Waals surface area (Å²) >= 11 is 1.45. The third kappa shape index (κ3) is 3.99. The van der Waals surface area contributed by atoms with Crippen molar-refractivity contribution in [1.82, 2.24) is 14.8 Å². The fourth-order valence-electron chi connectivity index (χ4n) is 3.74. The number of fused-ring (bicyclic) bond motifs is 1. The van der Waals surface area contributed by atoms with E-state index in [0.29, 0.717) is 22.1 Å². The van der Waals surface area contributed by atoms with Crippen LogP contribution in [0.4, 0.5) is 5.69 Å². The second kappa shape index (κ2) is 8.99. The van der Waals surface area contributed by atoms with Crippen LogP contribution < -0.4 is 15.0 Å². The number of nitrogens with zero attached hydrogens (tertiary/aromatic N) is 3. The predicted octanol–water partition coefficient (Wildman–Crippen LogP) is 5.60. The lowest BCUT2D eigenvalue weighted by atomic mass is 10.0. The number of H-pyrrole nitrogens is 1. The van der Waals surface area contributed by atoms with Crippen LogP contribution in [0, 0.1) is 0 Å². The average Bonchev–Trinajstić information content (AvgIpc) is 3.45. The summed E-state index contributed by atoms with van der Waals surface area (Å²) < 4.78 is 13.0. The lowest BCUT2D eigenvalue weighted by Gasteiger charge is -2.05. The zero-order chi connectivity index (χ0) is 23.7. The van der Waals surface area contributed by atoms with E-state index in [-0.39, 0.29) is 5.56 Å². The number of rotatable bonds is 6. The monoisotopic (exact) mass is 470 g/mol. The number of hydrogen-bond donors (Lipinski definition) is 1. The molecule has 0 aliphatic rings. The number of thiazole rings is 1.